The minimum Gasteiger partial charge on any atom is -0.382 e. The molecule has 3 rings (SSSR count). The van der Waals surface area contributed by atoms with Crippen LogP contribution in [0.25, 0.3) is 0 Å². The number of amides is 1. The van der Waals surface area contributed by atoms with Gasteiger partial charge in [0, 0.05) is 12.6 Å². The summed E-state index contributed by atoms with van der Waals surface area (Å²) in [6.45, 7) is 0. The normalized spacial score (nSPS) is 17.2. The molecular weight excluding hydrogens is 254 g/mol. The Morgan fingerprint density at radius 3 is 2.70 bits per heavy atom. The first-order valence-electron chi connectivity index (χ1n) is 6.33. The van der Waals surface area contributed by atoms with Crippen molar-refractivity contribution in [2.45, 2.75) is 12.5 Å². The number of nitrogens with zero attached hydrogens (tertiary/aromatic N) is 2. The summed E-state index contributed by atoms with van der Waals surface area (Å²) >= 11 is 0. The molecule has 1 amide bonds. The van der Waals surface area contributed by atoms with Crippen molar-refractivity contribution < 1.29 is 9.63 Å². The first-order valence-corrected chi connectivity index (χ1v) is 6.33. The van der Waals surface area contributed by atoms with Gasteiger partial charge >= 0.3 is 0 Å². The van der Waals surface area contributed by atoms with Gasteiger partial charge in [-0.3, -0.25) is 4.79 Å². The highest BCUT2D eigenvalue weighted by Crippen LogP contribution is 2.17. The van der Waals surface area contributed by atoms with Crippen molar-refractivity contribution in [2.24, 2.45) is 5.16 Å². The van der Waals surface area contributed by atoms with Crippen LogP contribution in [0.5, 0.6) is 0 Å². The molecule has 1 aliphatic rings. The number of pyridine rings is 1. The lowest BCUT2D eigenvalue weighted by Crippen LogP contribution is -2.28. The van der Waals surface area contributed by atoms with Crippen LogP contribution in [-0.2, 0) is 9.63 Å². The summed E-state index contributed by atoms with van der Waals surface area (Å²) in [6.07, 6.45) is 1.48. The molecular formula is C15H13N3O2. The lowest BCUT2D eigenvalue weighted by atomic mass is 10.0. The van der Waals surface area contributed by atoms with Gasteiger partial charge in [-0.2, -0.15) is 0 Å². The van der Waals surface area contributed by atoms with E-state index in [0.29, 0.717) is 12.2 Å². The van der Waals surface area contributed by atoms with Crippen LogP contribution in [0, 0.1) is 0 Å². The van der Waals surface area contributed by atoms with Crippen LogP contribution in [0.1, 0.15) is 12.0 Å². The highest BCUT2D eigenvalue weighted by Gasteiger charge is 2.28. The van der Waals surface area contributed by atoms with Gasteiger partial charge in [0.25, 0.3) is 5.91 Å². The highest BCUT2D eigenvalue weighted by molar-refractivity contribution is 6.05. The van der Waals surface area contributed by atoms with Gasteiger partial charge in [0.1, 0.15) is 5.82 Å². The first-order chi connectivity index (χ1) is 9.83. The lowest BCUT2D eigenvalue weighted by molar-refractivity contribution is -0.125. The Kier molecular flexibility index (Phi) is 3.41. The summed E-state index contributed by atoms with van der Waals surface area (Å²) in [7, 11) is 0. The molecule has 1 aromatic heterocycles. The van der Waals surface area contributed by atoms with Crippen LogP contribution in [-0.4, -0.2) is 22.7 Å². The molecule has 0 unspecified atom stereocenters. The van der Waals surface area contributed by atoms with E-state index in [0.717, 1.165) is 11.3 Å². The van der Waals surface area contributed by atoms with Crippen LogP contribution in [0.2, 0.25) is 0 Å². The van der Waals surface area contributed by atoms with Gasteiger partial charge in [-0.05, 0) is 17.7 Å². The number of anilines is 1. The SMILES string of the molecule is O=C(Nc1ccccn1)[C@@H]1CC(c2ccccc2)=NO1. The topological polar surface area (TPSA) is 63.6 Å². The third-order valence-corrected chi connectivity index (χ3v) is 2.98. The predicted octanol–water partition coefficient (Wildman–Crippen LogP) is 2.21. The van der Waals surface area contributed by atoms with Crippen molar-refractivity contribution in [3.63, 3.8) is 0 Å². The van der Waals surface area contributed by atoms with Crippen molar-refractivity contribution in [3.05, 3.63) is 60.3 Å². The fraction of sp³-hybridized carbons (Fsp3) is 0.133. The molecule has 1 aliphatic heterocycles. The van der Waals surface area contributed by atoms with E-state index in [-0.39, 0.29) is 5.91 Å². The maximum atomic E-state index is 12.0. The minimum atomic E-state index is -0.604. The Morgan fingerprint density at radius 1 is 1.15 bits per heavy atom. The Bertz CT molecular complexity index is 626. The predicted molar refractivity (Wildman–Crippen MR) is 75.3 cm³/mol. The quantitative estimate of drug-likeness (QED) is 0.927. The summed E-state index contributed by atoms with van der Waals surface area (Å²) < 4.78 is 0. The molecule has 2 aromatic rings. The fourth-order valence-corrected chi connectivity index (χ4v) is 1.96. The van der Waals surface area contributed by atoms with E-state index in [1.54, 1.807) is 18.3 Å². The molecule has 1 atom stereocenters. The average molecular weight is 267 g/mol. The molecule has 0 radical (unpaired) electrons. The number of carbonyl (C=O) groups excluding carboxylic acids is 1. The molecule has 1 aromatic carbocycles. The summed E-state index contributed by atoms with van der Waals surface area (Å²) in [5.41, 5.74) is 1.76. The number of aromatic nitrogens is 1. The van der Waals surface area contributed by atoms with Crippen molar-refractivity contribution in [2.75, 3.05) is 5.32 Å². The second-order valence-electron chi connectivity index (χ2n) is 4.41. The number of hydrogen-bond acceptors (Lipinski definition) is 4. The maximum Gasteiger partial charge on any atom is 0.269 e. The number of oxime groups is 1. The Balaban J connectivity index is 1.63. The minimum absolute atomic E-state index is 0.238. The third kappa shape index (κ3) is 2.66. The first kappa shape index (κ1) is 12.3. The third-order valence-electron chi connectivity index (χ3n) is 2.98. The Labute approximate surface area is 116 Å². The molecule has 0 saturated carbocycles. The summed E-state index contributed by atoms with van der Waals surface area (Å²) in [6, 6.07) is 15.0. The van der Waals surface area contributed by atoms with E-state index in [1.165, 1.54) is 0 Å². The zero-order valence-corrected chi connectivity index (χ0v) is 10.7. The lowest BCUT2D eigenvalue weighted by Gasteiger charge is -2.08. The van der Waals surface area contributed by atoms with Gasteiger partial charge in [-0.25, -0.2) is 4.98 Å². The average Bonchev–Trinajstić information content (AvgIpc) is 2.99. The molecule has 20 heavy (non-hydrogen) atoms. The van der Waals surface area contributed by atoms with Crippen LogP contribution >= 0.6 is 0 Å². The van der Waals surface area contributed by atoms with Gasteiger partial charge in [-0.15, -0.1) is 0 Å². The van der Waals surface area contributed by atoms with E-state index in [1.807, 2.05) is 36.4 Å². The number of benzene rings is 1. The highest BCUT2D eigenvalue weighted by atomic mass is 16.6. The van der Waals surface area contributed by atoms with E-state index in [4.69, 9.17) is 4.84 Å². The van der Waals surface area contributed by atoms with Gasteiger partial charge in [0.15, 0.2) is 0 Å². The molecule has 5 heteroatoms. The van der Waals surface area contributed by atoms with Crippen LogP contribution in [0.4, 0.5) is 5.82 Å². The van der Waals surface area contributed by atoms with Crippen molar-refractivity contribution in [1.29, 1.82) is 0 Å². The molecule has 0 fully saturated rings. The maximum absolute atomic E-state index is 12.0. The van der Waals surface area contributed by atoms with Crippen LogP contribution in [0.3, 0.4) is 0 Å². The molecule has 2 heterocycles. The van der Waals surface area contributed by atoms with E-state index >= 15 is 0 Å². The zero-order chi connectivity index (χ0) is 13.8. The Morgan fingerprint density at radius 2 is 1.95 bits per heavy atom. The summed E-state index contributed by atoms with van der Waals surface area (Å²) in [5, 5.41) is 6.69. The second kappa shape index (κ2) is 5.52. The van der Waals surface area contributed by atoms with Gasteiger partial charge in [0.2, 0.25) is 6.10 Å². The van der Waals surface area contributed by atoms with Crippen molar-refractivity contribution in [3.8, 4) is 0 Å². The fourth-order valence-electron chi connectivity index (χ4n) is 1.96. The Hall–Kier alpha value is -2.69. The molecule has 1 N–H and O–H groups in total. The number of carbonyl (C=O) groups is 1. The molecule has 0 bridgehead atoms. The molecule has 0 saturated heterocycles. The van der Waals surface area contributed by atoms with Gasteiger partial charge in [0.05, 0.1) is 5.71 Å². The summed E-state index contributed by atoms with van der Waals surface area (Å²) in [5.74, 6) is 0.271. The van der Waals surface area contributed by atoms with E-state index in [9.17, 15) is 4.79 Å². The van der Waals surface area contributed by atoms with Gasteiger partial charge in [-0.1, -0.05) is 41.6 Å². The molecule has 5 nitrogen and oxygen atoms in total. The number of nitrogens with one attached hydrogen (secondary N) is 1. The van der Waals surface area contributed by atoms with Crippen molar-refractivity contribution >= 4 is 17.4 Å². The van der Waals surface area contributed by atoms with Gasteiger partial charge < -0.3 is 10.2 Å². The second-order valence-corrected chi connectivity index (χ2v) is 4.41. The number of rotatable bonds is 3. The van der Waals surface area contributed by atoms with Crippen LogP contribution in [0.15, 0.2) is 59.9 Å². The smallest absolute Gasteiger partial charge is 0.269 e. The zero-order valence-electron chi connectivity index (χ0n) is 10.7. The molecule has 100 valence electrons. The monoisotopic (exact) mass is 267 g/mol. The molecule has 0 aliphatic carbocycles. The number of hydrogen-bond donors (Lipinski definition) is 1. The summed E-state index contributed by atoms with van der Waals surface area (Å²) in [4.78, 5) is 21.3. The largest absolute Gasteiger partial charge is 0.382 e. The standard InChI is InChI=1S/C15H13N3O2/c19-15(17-14-8-4-5-9-16-14)13-10-12(18-20-13)11-6-2-1-3-7-11/h1-9,13H,10H2,(H,16,17,19)/t13-/m0/s1. The van der Waals surface area contributed by atoms with E-state index in [2.05, 4.69) is 15.5 Å². The molecule has 0 spiro atoms. The van der Waals surface area contributed by atoms with Crippen LogP contribution < -0.4 is 5.32 Å². The van der Waals surface area contributed by atoms with Crippen molar-refractivity contribution in [1.82, 2.24) is 4.98 Å². The van der Waals surface area contributed by atoms with E-state index < -0.39 is 6.10 Å².